The fourth-order valence-corrected chi connectivity index (χ4v) is 1.66. The van der Waals surface area contributed by atoms with Gasteiger partial charge in [-0.05, 0) is 23.6 Å². The first kappa shape index (κ1) is 14.4. The Morgan fingerprint density at radius 2 is 2.06 bits per heavy atom. The summed E-state index contributed by atoms with van der Waals surface area (Å²) in [6.07, 6.45) is 1.95. The number of hydrogen-bond acceptors (Lipinski definition) is 4. The summed E-state index contributed by atoms with van der Waals surface area (Å²) < 4.78 is 5.53. The van der Waals surface area contributed by atoms with Crippen molar-refractivity contribution in [3.63, 3.8) is 0 Å². The van der Waals surface area contributed by atoms with E-state index in [0.717, 1.165) is 12.8 Å². The summed E-state index contributed by atoms with van der Waals surface area (Å²) in [5, 5.41) is 19.9. The molecular formula is C13H19NO4. The molecule has 0 atom stereocenters. The van der Waals surface area contributed by atoms with Crippen molar-refractivity contribution in [2.75, 3.05) is 6.61 Å². The van der Waals surface area contributed by atoms with Crippen LogP contribution in [0.4, 0.5) is 5.69 Å². The van der Waals surface area contributed by atoms with Crippen LogP contribution in [0.25, 0.3) is 0 Å². The van der Waals surface area contributed by atoms with E-state index in [4.69, 9.17) is 9.84 Å². The number of nitro benzene ring substituents is 1. The number of nitro groups is 1. The molecule has 0 amide bonds. The van der Waals surface area contributed by atoms with Gasteiger partial charge in [-0.15, -0.1) is 0 Å². The van der Waals surface area contributed by atoms with Gasteiger partial charge in [0.25, 0.3) is 0 Å². The third kappa shape index (κ3) is 3.70. The Labute approximate surface area is 107 Å². The fourth-order valence-electron chi connectivity index (χ4n) is 1.66. The van der Waals surface area contributed by atoms with Gasteiger partial charge < -0.3 is 9.84 Å². The predicted octanol–water partition coefficient (Wildman–Crippen LogP) is 2.90. The minimum absolute atomic E-state index is 0.0573. The average molecular weight is 253 g/mol. The molecule has 0 aromatic heterocycles. The molecule has 0 bridgehead atoms. The molecule has 0 heterocycles. The van der Waals surface area contributed by atoms with E-state index in [0.29, 0.717) is 18.1 Å². The van der Waals surface area contributed by atoms with Gasteiger partial charge in [-0.3, -0.25) is 10.1 Å². The number of hydrogen-bond donors (Lipinski definition) is 1. The molecular weight excluding hydrogens is 234 g/mol. The van der Waals surface area contributed by atoms with Gasteiger partial charge in [-0.2, -0.15) is 0 Å². The van der Waals surface area contributed by atoms with Crippen LogP contribution < -0.4 is 4.74 Å². The van der Waals surface area contributed by atoms with E-state index < -0.39 is 4.92 Å². The first-order valence-electron chi connectivity index (χ1n) is 6.13. The van der Waals surface area contributed by atoms with Crippen molar-refractivity contribution >= 4 is 5.69 Å². The zero-order valence-corrected chi connectivity index (χ0v) is 10.8. The largest absolute Gasteiger partial charge is 0.487 e. The van der Waals surface area contributed by atoms with Crippen LogP contribution in [0.3, 0.4) is 0 Å². The third-order valence-corrected chi connectivity index (χ3v) is 3.03. The molecule has 0 unspecified atom stereocenters. The molecule has 1 aromatic carbocycles. The first-order valence-corrected chi connectivity index (χ1v) is 6.13. The second-order valence-corrected chi connectivity index (χ2v) is 4.21. The van der Waals surface area contributed by atoms with Crippen molar-refractivity contribution in [2.24, 2.45) is 5.92 Å². The Kier molecular flexibility index (Phi) is 5.58. The van der Waals surface area contributed by atoms with Gasteiger partial charge in [0, 0.05) is 6.07 Å². The van der Waals surface area contributed by atoms with Gasteiger partial charge in [-0.1, -0.05) is 26.7 Å². The number of aliphatic hydroxyl groups is 1. The molecule has 1 rings (SSSR count). The van der Waals surface area contributed by atoms with Gasteiger partial charge in [0.15, 0.2) is 5.75 Å². The fraction of sp³-hybridized carbons (Fsp3) is 0.538. The summed E-state index contributed by atoms with van der Waals surface area (Å²) in [5.74, 6) is 0.626. The molecule has 18 heavy (non-hydrogen) atoms. The Bertz CT molecular complexity index is 402. The van der Waals surface area contributed by atoms with Crippen LogP contribution >= 0.6 is 0 Å². The molecule has 0 spiro atoms. The summed E-state index contributed by atoms with van der Waals surface area (Å²) in [7, 11) is 0. The molecule has 0 aliphatic heterocycles. The van der Waals surface area contributed by atoms with Crippen molar-refractivity contribution < 1.29 is 14.8 Å². The van der Waals surface area contributed by atoms with Crippen molar-refractivity contribution in [2.45, 2.75) is 33.3 Å². The Hall–Kier alpha value is -1.62. The van der Waals surface area contributed by atoms with E-state index in [1.165, 1.54) is 18.2 Å². The standard InChI is InChI=1S/C13H19NO4/c1-3-10(4-2)9-18-13-7-11(8-15)5-6-12(13)14(16)17/h5-7,10,15H,3-4,8-9H2,1-2H3. The van der Waals surface area contributed by atoms with E-state index >= 15 is 0 Å². The zero-order chi connectivity index (χ0) is 13.5. The van der Waals surface area contributed by atoms with Crippen LogP contribution in [0, 0.1) is 16.0 Å². The Balaban J connectivity index is 2.87. The third-order valence-electron chi connectivity index (χ3n) is 3.03. The van der Waals surface area contributed by atoms with Gasteiger partial charge >= 0.3 is 5.69 Å². The number of aliphatic hydroxyl groups excluding tert-OH is 1. The van der Waals surface area contributed by atoms with E-state index in [1.54, 1.807) is 0 Å². The van der Waals surface area contributed by atoms with Gasteiger partial charge in [-0.25, -0.2) is 0 Å². The van der Waals surface area contributed by atoms with Crippen LogP contribution in [-0.2, 0) is 6.61 Å². The van der Waals surface area contributed by atoms with E-state index in [1.807, 2.05) is 0 Å². The lowest BCUT2D eigenvalue weighted by molar-refractivity contribution is -0.385. The van der Waals surface area contributed by atoms with Crippen molar-refractivity contribution in [3.8, 4) is 5.75 Å². The smallest absolute Gasteiger partial charge is 0.310 e. The van der Waals surface area contributed by atoms with E-state index in [9.17, 15) is 10.1 Å². The summed E-state index contributed by atoms with van der Waals surface area (Å²) in [4.78, 5) is 10.4. The molecule has 0 aliphatic carbocycles. The molecule has 0 radical (unpaired) electrons. The lowest BCUT2D eigenvalue weighted by Gasteiger charge is -2.14. The Morgan fingerprint density at radius 3 is 2.56 bits per heavy atom. The van der Waals surface area contributed by atoms with Crippen LogP contribution in [0.1, 0.15) is 32.3 Å². The second kappa shape index (κ2) is 6.96. The summed E-state index contributed by atoms with van der Waals surface area (Å²) in [5.41, 5.74) is 0.554. The van der Waals surface area contributed by atoms with E-state index in [2.05, 4.69) is 13.8 Å². The molecule has 0 saturated carbocycles. The normalized spacial score (nSPS) is 10.7. The molecule has 1 aromatic rings. The Morgan fingerprint density at radius 1 is 1.39 bits per heavy atom. The average Bonchev–Trinajstić information content (AvgIpc) is 2.39. The minimum atomic E-state index is -0.469. The van der Waals surface area contributed by atoms with Crippen LogP contribution in [-0.4, -0.2) is 16.6 Å². The highest BCUT2D eigenvalue weighted by Crippen LogP contribution is 2.28. The maximum absolute atomic E-state index is 10.9. The highest BCUT2D eigenvalue weighted by atomic mass is 16.6. The molecule has 100 valence electrons. The molecule has 0 aliphatic rings. The molecule has 0 fully saturated rings. The molecule has 1 N–H and O–H groups in total. The SMILES string of the molecule is CCC(CC)COc1cc(CO)ccc1[N+](=O)[O-]. The van der Waals surface area contributed by atoms with Crippen molar-refractivity contribution in [1.82, 2.24) is 0 Å². The van der Waals surface area contributed by atoms with Crippen molar-refractivity contribution in [1.29, 1.82) is 0 Å². The lowest BCUT2D eigenvalue weighted by Crippen LogP contribution is -2.11. The van der Waals surface area contributed by atoms with Gasteiger partial charge in [0.1, 0.15) is 0 Å². The number of benzene rings is 1. The summed E-state index contributed by atoms with van der Waals surface area (Å²) in [6, 6.07) is 4.43. The lowest BCUT2D eigenvalue weighted by atomic mass is 10.1. The summed E-state index contributed by atoms with van der Waals surface area (Å²) >= 11 is 0. The maximum atomic E-state index is 10.9. The highest BCUT2D eigenvalue weighted by molar-refractivity contribution is 5.48. The molecule has 5 heteroatoms. The maximum Gasteiger partial charge on any atom is 0.310 e. The van der Waals surface area contributed by atoms with Crippen LogP contribution in [0.2, 0.25) is 0 Å². The number of ether oxygens (including phenoxy) is 1. The predicted molar refractivity (Wildman–Crippen MR) is 68.6 cm³/mol. The minimum Gasteiger partial charge on any atom is -0.487 e. The van der Waals surface area contributed by atoms with E-state index in [-0.39, 0.29) is 18.0 Å². The quantitative estimate of drug-likeness (QED) is 0.599. The molecule has 0 saturated heterocycles. The van der Waals surface area contributed by atoms with Gasteiger partial charge in [0.05, 0.1) is 18.1 Å². The second-order valence-electron chi connectivity index (χ2n) is 4.21. The van der Waals surface area contributed by atoms with Crippen LogP contribution in [0.5, 0.6) is 5.75 Å². The number of nitrogens with zero attached hydrogens (tertiary/aromatic N) is 1. The van der Waals surface area contributed by atoms with Crippen molar-refractivity contribution in [3.05, 3.63) is 33.9 Å². The van der Waals surface area contributed by atoms with Gasteiger partial charge in [0.2, 0.25) is 0 Å². The monoisotopic (exact) mass is 253 g/mol. The zero-order valence-electron chi connectivity index (χ0n) is 10.8. The first-order chi connectivity index (χ1) is 8.62. The summed E-state index contributed by atoms with van der Waals surface area (Å²) in [6.45, 7) is 4.44. The number of rotatable bonds is 7. The highest BCUT2D eigenvalue weighted by Gasteiger charge is 2.16. The molecule has 5 nitrogen and oxygen atoms in total. The van der Waals surface area contributed by atoms with Crippen LogP contribution in [0.15, 0.2) is 18.2 Å². The topological polar surface area (TPSA) is 72.6 Å².